The predicted octanol–water partition coefficient (Wildman–Crippen LogP) is 2.22. The van der Waals surface area contributed by atoms with Crippen molar-refractivity contribution in [2.24, 2.45) is 4.99 Å². The minimum atomic E-state index is -0.486. The van der Waals surface area contributed by atoms with Gasteiger partial charge in [0, 0.05) is 5.02 Å². The molecule has 13 heavy (non-hydrogen) atoms. The number of ether oxygens (including phenoxy) is 1. The van der Waals surface area contributed by atoms with Crippen molar-refractivity contribution in [1.29, 1.82) is 0 Å². The van der Waals surface area contributed by atoms with Gasteiger partial charge in [0.1, 0.15) is 6.21 Å². The van der Waals surface area contributed by atoms with Crippen molar-refractivity contribution in [3.8, 4) is 0 Å². The van der Waals surface area contributed by atoms with E-state index in [-0.39, 0.29) is 0 Å². The van der Waals surface area contributed by atoms with Crippen LogP contribution in [0.25, 0.3) is 0 Å². The van der Waals surface area contributed by atoms with E-state index in [0.29, 0.717) is 10.7 Å². The van der Waals surface area contributed by atoms with Gasteiger partial charge in [-0.15, -0.1) is 0 Å². The maximum Gasteiger partial charge on any atom is 0.349 e. The zero-order chi connectivity index (χ0) is 9.68. The van der Waals surface area contributed by atoms with Gasteiger partial charge in [-0.25, -0.2) is 9.79 Å². The van der Waals surface area contributed by atoms with Crippen LogP contribution in [-0.4, -0.2) is 19.3 Å². The fraction of sp³-hybridized carbons (Fsp3) is 0.111. The molecule has 0 bridgehead atoms. The summed E-state index contributed by atoms with van der Waals surface area (Å²) in [5.41, 5.74) is 0.623. The normalized spacial score (nSPS) is 10.3. The van der Waals surface area contributed by atoms with E-state index in [1.54, 1.807) is 24.3 Å². The predicted molar refractivity (Wildman–Crippen MR) is 51.6 cm³/mol. The minimum Gasteiger partial charge on any atom is -0.465 e. The average Bonchev–Trinajstić information content (AvgIpc) is 2.14. The van der Waals surface area contributed by atoms with E-state index in [2.05, 4.69) is 9.73 Å². The third-order valence-corrected chi connectivity index (χ3v) is 1.56. The molecule has 1 aromatic rings. The van der Waals surface area contributed by atoms with Crippen LogP contribution in [0.2, 0.25) is 5.02 Å². The Morgan fingerprint density at radius 1 is 1.62 bits per heavy atom. The Labute approximate surface area is 81.0 Å². The summed E-state index contributed by atoms with van der Waals surface area (Å²) in [6.45, 7) is 0. The summed E-state index contributed by atoms with van der Waals surface area (Å²) in [7, 11) is 1.30. The van der Waals surface area contributed by atoms with Crippen molar-refractivity contribution in [3.05, 3.63) is 29.3 Å². The molecule has 0 aliphatic rings. The van der Waals surface area contributed by atoms with Crippen LogP contribution in [0.5, 0.6) is 0 Å². The first-order valence-corrected chi connectivity index (χ1v) is 3.98. The van der Waals surface area contributed by atoms with Crippen molar-refractivity contribution in [1.82, 2.24) is 0 Å². The number of carbonyl (C=O) groups excluding carboxylic acids is 1. The van der Waals surface area contributed by atoms with Gasteiger partial charge in [0.05, 0.1) is 12.8 Å². The van der Waals surface area contributed by atoms with Gasteiger partial charge in [0.2, 0.25) is 0 Å². The molecule has 0 unspecified atom stereocenters. The van der Waals surface area contributed by atoms with Crippen molar-refractivity contribution in [3.63, 3.8) is 0 Å². The van der Waals surface area contributed by atoms with Crippen molar-refractivity contribution in [2.75, 3.05) is 7.11 Å². The van der Waals surface area contributed by atoms with Crippen LogP contribution >= 0.6 is 11.6 Å². The second kappa shape index (κ2) is 4.62. The number of carbonyl (C=O) groups is 1. The van der Waals surface area contributed by atoms with Crippen molar-refractivity contribution >= 4 is 29.5 Å². The molecular weight excluding hydrogens is 190 g/mol. The van der Waals surface area contributed by atoms with Crippen LogP contribution in [0, 0.1) is 0 Å². The van der Waals surface area contributed by atoms with Crippen molar-refractivity contribution < 1.29 is 9.53 Å². The quantitative estimate of drug-likeness (QED) is 0.539. The molecule has 0 fully saturated rings. The van der Waals surface area contributed by atoms with Gasteiger partial charge >= 0.3 is 5.97 Å². The highest BCUT2D eigenvalue weighted by Gasteiger charge is 1.93. The van der Waals surface area contributed by atoms with Gasteiger partial charge in [0.25, 0.3) is 0 Å². The molecule has 0 atom stereocenters. The third-order valence-electron chi connectivity index (χ3n) is 1.33. The Morgan fingerprint density at radius 3 is 3.00 bits per heavy atom. The van der Waals surface area contributed by atoms with Crippen LogP contribution in [0.15, 0.2) is 29.3 Å². The second-order valence-corrected chi connectivity index (χ2v) is 2.70. The van der Waals surface area contributed by atoms with Gasteiger partial charge in [-0.3, -0.25) is 0 Å². The number of esters is 1. The molecule has 0 aromatic heterocycles. The Bertz CT molecular complexity index is 336. The van der Waals surface area contributed by atoms with Gasteiger partial charge in [0.15, 0.2) is 0 Å². The van der Waals surface area contributed by atoms with Crippen LogP contribution in [0.1, 0.15) is 0 Å². The molecule has 68 valence electrons. The third kappa shape index (κ3) is 3.25. The summed E-state index contributed by atoms with van der Waals surface area (Å²) < 4.78 is 4.38. The largest absolute Gasteiger partial charge is 0.465 e. The number of benzene rings is 1. The van der Waals surface area contributed by atoms with E-state index in [1.165, 1.54) is 7.11 Å². The molecule has 0 radical (unpaired) electrons. The average molecular weight is 198 g/mol. The fourth-order valence-corrected chi connectivity index (χ4v) is 0.921. The molecular formula is C9H8ClNO2. The standard InChI is InChI=1S/C9H8ClNO2/c1-13-9(12)6-11-8-4-2-3-7(10)5-8/h2-6H,1H3. The molecule has 0 saturated carbocycles. The highest BCUT2D eigenvalue weighted by atomic mass is 35.5. The second-order valence-electron chi connectivity index (χ2n) is 2.26. The van der Waals surface area contributed by atoms with Gasteiger partial charge in [-0.1, -0.05) is 17.7 Å². The lowest BCUT2D eigenvalue weighted by atomic mass is 10.3. The molecule has 0 saturated heterocycles. The molecule has 0 heterocycles. The lowest BCUT2D eigenvalue weighted by Gasteiger charge is -1.93. The summed E-state index contributed by atoms with van der Waals surface area (Å²) in [6.07, 6.45) is 1.10. The first-order valence-electron chi connectivity index (χ1n) is 3.60. The first-order chi connectivity index (χ1) is 6.22. The lowest BCUT2D eigenvalue weighted by Crippen LogP contribution is -1.99. The van der Waals surface area contributed by atoms with E-state index in [1.807, 2.05) is 0 Å². The lowest BCUT2D eigenvalue weighted by molar-refractivity contribution is -0.132. The van der Waals surface area contributed by atoms with E-state index < -0.39 is 5.97 Å². The molecule has 4 heteroatoms. The Morgan fingerprint density at radius 2 is 2.38 bits per heavy atom. The van der Waals surface area contributed by atoms with Crippen molar-refractivity contribution in [2.45, 2.75) is 0 Å². The molecule has 0 amide bonds. The van der Waals surface area contributed by atoms with E-state index in [9.17, 15) is 4.79 Å². The monoisotopic (exact) mass is 197 g/mol. The Balaban J connectivity index is 2.74. The fourth-order valence-electron chi connectivity index (χ4n) is 0.736. The van der Waals surface area contributed by atoms with Gasteiger partial charge in [-0.2, -0.15) is 0 Å². The highest BCUT2D eigenvalue weighted by Crippen LogP contribution is 2.16. The number of hydrogen-bond donors (Lipinski definition) is 0. The van der Waals surface area contributed by atoms with Gasteiger partial charge in [-0.05, 0) is 18.2 Å². The molecule has 1 aromatic carbocycles. The maximum atomic E-state index is 10.7. The highest BCUT2D eigenvalue weighted by molar-refractivity contribution is 6.30. The number of aliphatic imine (C=N–C) groups is 1. The Hall–Kier alpha value is -1.35. The molecule has 1 rings (SSSR count). The summed E-state index contributed by atoms with van der Waals surface area (Å²) in [5, 5.41) is 0.583. The summed E-state index contributed by atoms with van der Waals surface area (Å²) in [6, 6.07) is 6.89. The van der Waals surface area contributed by atoms with Crippen LogP contribution < -0.4 is 0 Å². The Kier molecular flexibility index (Phi) is 3.46. The SMILES string of the molecule is COC(=O)C=Nc1cccc(Cl)c1. The van der Waals surface area contributed by atoms with Crippen LogP contribution in [0.4, 0.5) is 5.69 Å². The molecule has 0 spiro atoms. The number of halogens is 1. The summed E-state index contributed by atoms with van der Waals surface area (Å²) in [5.74, 6) is -0.486. The number of hydrogen-bond acceptors (Lipinski definition) is 3. The van der Waals surface area contributed by atoms with Crippen LogP contribution in [0.3, 0.4) is 0 Å². The molecule has 0 aliphatic carbocycles. The summed E-state index contributed by atoms with van der Waals surface area (Å²) in [4.78, 5) is 14.5. The maximum absolute atomic E-state index is 10.7. The van der Waals surface area contributed by atoms with E-state index in [0.717, 1.165) is 6.21 Å². The zero-order valence-electron chi connectivity index (χ0n) is 7.03. The molecule has 0 N–H and O–H groups in total. The number of nitrogens with zero attached hydrogens (tertiary/aromatic N) is 1. The first kappa shape index (κ1) is 9.74. The zero-order valence-corrected chi connectivity index (χ0v) is 7.78. The summed E-state index contributed by atoms with van der Waals surface area (Å²) >= 11 is 5.70. The smallest absolute Gasteiger partial charge is 0.349 e. The molecule has 0 aliphatic heterocycles. The van der Waals surface area contributed by atoms with E-state index in [4.69, 9.17) is 11.6 Å². The number of rotatable bonds is 2. The van der Waals surface area contributed by atoms with Crippen LogP contribution in [-0.2, 0) is 9.53 Å². The topological polar surface area (TPSA) is 38.7 Å². The van der Waals surface area contributed by atoms with E-state index >= 15 is 0 Å². The number of methoxy groups -OCH3 is 1. The minimum absolute atomic E-state index is 0.486. The molecule has 3 nitrogen and oxygen atoms in total. The van der Waals surface area contributed by atoms with Gasteiger partial charge < -0.3 is 4.74 Å².